The summed E-state index contributed by atoms with van der Waals surface area (Å²) in [6.07, 6.45) is 0.105. The van der Waals surface area contributed by atoms with Gasteiger partial charge in [-0.2, -0.15) is 0 Å². The molecule has 0 spiro atoms. The maximum absolute atomic E-state index is 11.5. The molecule has 4 nitrogen and oxygen atoms in total. The minimum atomic E-state index is -0.964. The second-order valence-electron chi connectivity index (χ2n) is 5.42. The Kier molecular flexibility index (Phi) is 3.59. The molecular formula is C18H17NO3. The molecule has 3 rings (SSSR count). The molecule has 0 aliphatic rings. The summed E-state index contributed by atoms with van der Waals surface area (Å²) in [7, 11) is 0. The molecule has 3 aromatic rings. The van der Waals surface area contributed by atoms with Gasteiger partial charge in [-0.05, 0) is 37.6 Å². The zero-order chi connectivity index (χ0) is 15.7. The number of para-hydroxylation sites is 1. The van der Waals surface area contributed by atoms with E-state index in [0.29, 0.717) is 5.56 Å². The summed E-state index contributed by atoms with van der Waals surface area (Å²) in [5, 5.41) is 10.3. The van der Waals surface area contributed by atoms with Gasteiger partial charge in [-0.15, -0.1) is 0 Å². The van der Waals surface area contributed by atoms with E-state index in [1.54, 1.807) is 0 Å². The summed E-state index contributed by atoms with van der Waals surface area (Å²) in [4.78, 5) is 14.5. The summed E-state index contributed by atoms with van der Waals surface area (Å²) in [5.74, 6) is -0.191. The average molecular weight is 295 g/mol. The molecule has 1 heterocycles. The second-order valence-corrected chi connectivity index (χ2v) is 5.42. The number of rotatable bonds is 4. The van der Waals surface area contributed by atoms with Gasteiger partial charge in [-0.25, -0.2) is 4.79 Å². The Morgan fingerprint density at radius 2 is 1.77 bits per heavy atom. The van der Waals surface area contributed by atoms with Crippen LogP contribution in [0, 0.1) is 0 Å². The summed E-state index contributed by atoms with van der Waals surface area (Å²) in [6.45, 7) is 3.94. The maximum Gasteiger partial charge on any atom is 0.352 e. The van der Waals surface area contributed by atoms with Gasteiger partial charge in [0.25, 0.3) is 0 Å². The van der Waals surface area contributed by atoms with E-state index >= 15 is 0 Å². The monoisotopic (exact) mass is 295 g/mol. The van der Waals surface area contributed by atoms with Crippen LogP contribution in [-0.4, -0.2) is 22.2 Å². The molecule has 0 bridgehead atoms. The predicted molar refractivity (Wildman–Crippen MR) is 86.5 cm³/mol. The molecule has 0 atom stereocenters. The minimum Gasteiger partial charge on any atom is -0.491 e. The second kappa shape index (κ2) is 5.56. The van der Waals surface area contributed by atoms with Crippen molar-refractivity contribution in [3.8, 4) is 16.9 Å². The van der Waals surface area contributed by atoms with Gasteiger partial charge < -0.3 is 14.8 Å². The van der Waals surface area contributed by atoms with E-state index < -0.39 is 5.97 Å². The molecule has 0 aliphatic carbocycles. The van der Waals surface area contributed by atoms with Crippen LogP contribution in [0.2, 0.25) is 0 Å². The SMILES string of the molecule is CC(C)Oc1ccc(-c2c(C(=O)O)[nH]c3ccccc23)cc1. The molecule has 0 saturated carbocycles. The summed E-state index contributed by atoms with van der Waals surface area (Å²) >= 11 is 0. The van der Waals surface area contributed by atoms with Crippen LogP contribution in [0.25, 0.3) is 22.0 Å². The van der Waals surface area contributed by atoms with E-state index in [2.05, 4.69) is 4.98 Å². The number of aromatic carboxylic acids is 1. The number of fused-ring (bicyclic) bond motifs is 1. The Morgan fingerprint density at radius 3 is 2.41 bits per heavy atom. The quantitative estimate of drug-likeness (QED) is 0.753. The van der Waals surface area contributed by atoms with Crippen LogP contribution in [0.3, 0.4) is 0 Å². The van der Waals surface area contributed by atoms with Gasteiger partial charge in [0.1, 0.15) is 11.4 Å². The first-order valence-corrected chi connectivity index (χ1v) is 7.17. The average Bonchev–Trinajstić information content (AvgIpc) is 2.87. The zero-order valence-electron chi connectivity index (χ0n) is 12.5. The van der Waals surface area contributed by atoms with Crippen molar-refractivity contribution >= 4 is 16.9 Å². The van der Waals surface area contributed by atoms with Crippen LogP contribution in [-0.2, 0) is 0 Å². The molecule has 0 fully saturated rings. The molecule has 2 N–H and O–H groups in total. The van der Waals surface area contributed by atoms with Crippen LogP contribution >= 0.6 is 0 Å². The fraction of sp³-hybridized carbons (Fsp3) is 0.167. The first-order valence-electron chi connectivity index (χ1n) is 7.17. The van der Waals surface area contributed by atoms with Gasteiger partial charge in [-0.3, -0.25) is 0 Å². The molecule has 2 aromatic carbocycles. The lowest BCUT2D eigenvalue weighted by Crippen LogP contribution is -2.05. The fourth-order valence-electron chi connectivity index (χ4n) is 2.57. The highest BCUT2D eigenvalue weighted by Crippen LogP contribution is 2.33. The Labute approximate surface area is 128 Å². The first-order chi connectivity index (χ1) is 10.6. The highest BCUT2D eigenvalue weighted by molar-refractivity contribution is 6.07. The molecule has 0 saturated heterocycles. The minimum absolute atomic E-state index is 0.105. The molecule has 4 heteroatoms. The smallest absolute Gasteiger partial charge is 0.352 e. The van der Waals surface area contributed by atoms with Gasteiger partial charge in [0.15, 0.2) is 0 Å². The molecule has 0 amide bonds. The van der Waals surface area contributed by atoms with E-state index in [9.17, 15) is 9.90 Å². The first kappa shape index (κ1) is 14.2. The van der Waals surface area contributed by atoms with Crippen LogP contribution in [0.1, 0.15) is 24.3 Å². The third-order valence-corrected chi connectivity index (χ3v) is 3.43. The predicted octanol–water partition coefficient (Wildman–Crippen LogP) is 4.32. The fourth-order valence-corrected chi connectivity index (χ4v) is 2.57. The van der Waals surface area contributed by atoms with Gasteiger partial charge >= 0.3 is 5.97 Å². The lowest BCUT2D eigenvalue weighted by atomic mass is 10.0. The Bertz CT molecular complexity index is 816. The molecule has 0 radical (unpaired) electrons. The third-order valence-electron chi connectivity index (χ3n) is 3.43. The Morgan fingerprint density at radius 1 is 1.09 bits per heavy atom. The third kappa shape index (κ3) is 2.55. The molecular weight excluding hydrogens is 278 g/mol. The highest BCUT2D eigenvalue weighted by Gasteiger charge is 2.18. The number of nitrogens with one attached hydrogen (secondary N) is 1. The number of hydrogen-bond donors (Lipinski definition) is 2. The van der Waals surface area contributed by atoms with Crippen molar-refractivity contribution in [2.45, 2.75) is 20.0 Å². The molecule has 0 aliphatic heterocycles. The number of carboxylic acids is 1. The zero-order valence-corrected chi connectivity index (χ0v) is 12.5. The molecule has 0 unspecified atom stereocenters. The van der Waals surface area contributed by atoms with Gasteiger partial charge in [0.2, 0.25) is 0 Å². The number of ether oxygens (including phenoxy) is 1. The maximum atomic E-state index is 11.5. The van der Waals surface area contributed by atoms with Gasteiger partial charge in [0, 0.05) is 16.5 Å². The summed E-state index contributed by atoms with van der Waals surface area (Å²) in [5.41, 5.74) is 2.58. The number of benzene rings is 2. The Hall–Kier alpha value is -2.75. The van der Waals surface area contributed by atoms with E-state index in [1.165, 1.54) is 0 Å². The van der Waals surface area contributed by atoms with E-state index in [-0.39, 0.29) is 11.8 Å². The topological polar surface area (TPSA) is 62.3 Å². The van der Waals surface area contributed by atoms with Crippen molar-refractivity contribution in [3.63, 3.8) is 0 Å². The van der Waals surface area contributed by atoms with E-state index in [0.717, 1.165) is 22.2 Å². The van der Waals surface area contributed by atoms with Crippen molar-refractivity contribution in [2.24, 2.45) is 0 Å². The number of aromatic nitrogens is 1. The molecule has 22 heavy (non-hydrogen) atoms. The van der Waals surface area contributed by atoms with Crippen LogP contribution < -0.4 is 4.74 Å². The standard InChI is InChI=1S/C18H17NO3/c1-11(2)22-13-9-7-12(8-10-13)16-14-5-3-4-6-15(14)19-17(16)18(20)21/h3-11,19H,1-2H3,(H,20,21). The van der Waals surface area contributed by atoms with Crippen molar-refractivity contribution in [1.29, 1.82) is 0 Å². The largest absolute Gasteiger partial charge is 0.491 e. The number of H-pyrrole nitrogens is 1. The van der Waals surface area contributed by atoms with Crippen molar-refractivity contribution in [3.05, 3.63) is 54.2 Å². The summed E-state index contributed by atoms with van der Waals surface area (Å²) in [6, 6.07) is 15.1. The van der Waals surface area contributed by atoms with Crippen molar-refractivity contribution in [1.82, 2.24) is 4.98 Å². The number of hydrogen-bond acceptors (Lipinski definition) is 2. The lowest BCUT2D eigenvalue weighted by Gasteiger charge is -2.10. The van der Waals surface area contributed by atoms with Crippen molar-refractivity contribution in [2.75, 3.05) is 0 Å². The Balaban J connectivity index is 2.12. The van der Waals surface area contributed by atoms with Crippen molar-refractivity contribution < 1.29 is 14.6 Å². The van der Waals surface area contributed by atoms with E-state index in [4.69, 9.17) is 4.74 Å². The van der Waals surface area contributed by atoms with Crippen LogP contribution in [0.15, 0.2) is 48.5 Å². The number of aromatic amines is 1. The van der Waals surface area contributed by atoms with E-state index in [1.807, 2.05) is 62.4 Å². The highest BCUT2D eigenvalue weighted by atomic mass is 16.5. The lowest BCUT2D eigenvalue weighted by molar-refractivity contribution is 0.0692. The van der Waals surface area contributed by atoms with Crippen LogP contribution in [0.4, 0.5) is 0 Å². The van der Waals surface area contributed by atoms with Gasteiger partial charge in [0.05, 0.1) is 6.10 Å². The normalized spacial score (nSPS) is 11.0. The number of carboxylic acid groups (broad SMARTS) is 1. The molecule has 112 valence electrons. The van der Waals surface area contributed by atoms with Gasteiger partial charge in [-0.1, -0.05) is 30.3 Å². The van der Waals surface area contributed by atoms with Crippen LogP contribution in [0.5, 0.6) is 5.75 Å². The number of carbonyl (C=O) groups is 1. The summed E-state index contributed by atoms with van der Waals surface area (Å²) < 4.78 is 5.63. The molecule has 1 aromatic heterocycles.